The Balaban J connectivity index is 1.00. The Morgan fingerprint density at radius 3 is 1.48 bits per heavy atom. The Hall–Kier alpha value is -8.01. The third kappa shape index (κ3) is 5.92. The van der Waals surface area contributed by atoms with E-state index in [-0.39, 0.29) is 0 Å². The summed E-state index contributed by atoms with van der Waals surface area (Å²) in [5, 5.41) is 0. The summed E-state index contributed by atoms with van der Waals surface area (Å²) in [5.41, 5.74) is 24.1. The van der Waals surface area contributed by atoms with Gasteiger partial charge >= 0.3 is 0 Å². The van der Waals surface area contributed by atoms with Gasteiger partial charge in [0.25, 0.3) is 0 Å². The molecule has 0 aliphatic heterocycles. The van der Waals surface area contributed by atoms with Crippen LogP contribution < -0.4 is 0 Å². The lowest BCUT2D eigenvalue weighted by Gasteiger charge is -2.31. The Kier molecular flexibility index (Phi) is 8.52. The van der Waals surface area contributed by atoms with E-state index in [0.717, 1.165) is 50.7 Å². The lowest BCUT2D eigenvalue weighted by atomic mass is 9.70. The number of fused-ring (bicyclic) bond motifs is 10. The third-order valence-electron chi connectivity index (χ3n) is 13.1. The first-order valence-electron chi connectivity index (χ1n) is 21.7. The topological polar surface area (TPSA) is 38.7 Å². The van der Waals surface area contributed by atoms with Gasteiger partial charge < -0.3 is 0 Å². The number of rotatable bonds is 6. The number of benzene rings is 8. The van der Waals surface area contributed by atoms with Gasteiger partial charge in [-0.05, 0) is 128 Å². The second-order valence-corrected chi connectivity index (χ2v) is 16.8. The highest BCUT2D eigenvalue weighted by Crippen LogP contribution is 2.63. The summed E-state index contributed by atoms with van der Waals surface area (Å²) >= 11 is 0. The smallest absolute Gasteiger partial charge is 0.126 e. The van der Waals surface area contributed by atoms with Crippen molar-refractivity contribution in [3.8, 4) is 89.4 Å². The first kappa shape index (κ1) is 36.8. The number of hydrogen-bond acceptors (Lipinski definition) is 3. The molecule has 0 bridgehead atoms. The molecule has 3 nitrogen and oxygen atoms in total. The van der Waals surface area contributed by atoms with Crippen molar-refractivity contribution in [2.75, 3.05) is 0 Å². The van der Waals surface area contributed by atoms with Gasteiger partial charge in [0.05, 0.1) is 22.5 Å². The van der Waals surface area contributed by atoms with E-state index in [4.69, 9.17) is 15.0 Å². The van der Waals surface area contributed by atoms with Crippen LogP contribution in [0.1, 0.15) is 33.6 Å². The lowest BCUT2D eigenvalue weighted by Crippen LogP contribution is -2.26. The van der Waals surface area contributed by atoms with Crippen LogP contribution in [0.25, 0.3) is 89.4 Å². The normalized spacial score (nSPS) is 14.3. The van der Waals surface area contributed by atoms with Crippen LogP contribution in [-0.2, 0) is 5.41 Å². The van der Waals surface area contributed by atoms with Crippen LogP contribution in [-0.4, -0.2) is 15.0 Å². The minimum Gasteiger partial charge on any atom is -0.256 e. The molecule has 0 radical (unpaired) electrons. The van der Waals surface area contributed by atoms with E-state index in [1.807, 2.05) is 13.1 Å². The van der Waals surface area contributed by atoms with Gasteiger partial charge in [-0.2, -0.15) is 0 Å². The molecule has 8 aromatic carbocycles. The van der Waals surface area contributed by atoms with Crippen LogP contribution >= 0.6 is 0 Å². The molecule has 0 saturated heterocycles. The average Bonchev–Trinajstić information content (AvgIpc) is 3.81. The van der Waals surface area contributed by atoms with Crippen molar-refractivity contribution in [3.63, 3.8) is 0 Å². The summed E-state index contributed by atoms with van der Waals surface area (Å²) in [6, 6.07) is 75.3. The van der Waals surface area contributed by atoms with Crippen molar-refractivity contribution in [2.45, 2.75) is 19.3 Å². The Morgan fingerprint density at radius 1 is 0.302 bits per heavy atom. The first-order chi connectivity index (χ1) is 31.0. The third-order valence-corrected chi connectivity index (χ3v) is 13.1. The Labute approximate surface area is 368 Å². The summed E-state index contributed by atoms with van der Waals surface area (Å²) in [7, 11) is 0. The van der Waals surface area contributed by atoms with Gasteiger partial charge in [-0.15, -0.1) is 0 Å². The maximum Gasteiger partial charge on any atom is 0.126 e. The highest BCUT2D eigenvalue weighted by molar-refractivity contribution is 5.97. The number of hydrogen-bond donors (Lipinski definition) is 0. The van der Waals surface area contributed by atoms with Gasteiger partial charge in [0.15, 0.2) is 0 Å². The molecule has 0 N–H and O–H groups in total. The molecule has 1 spiro atoms. The fourth-order valence-electron chi connectivity index (χ4n) is 10.3. The molecule has 2 aliphatic rings. The molecule has 2 heterocycles. The maximum atomic E-state index is 5.07. The van der Waals surface area contributed by atoms with Gasteiger partial charge in [-0.3, -0.25) is 4.98 Å². The second kappa shape index (κ2) is 14.6. The van der Waals surface area contributed by atoms with E-state index < -0.39 is 5.41 Å². The number of aryl methyl sites for hydroxylation is 2. The zero-order valence-corrected chi connectivity index (χ0v) is 35.0. The van der Waals surface area contributed by atoms with Crippen LogP contribution in [0.3, 0.4) is 0 Å². The second-order valence-electron chi connectivity index (χ2n) is 16.8. The summed E-state index contributed by atoms with van der Waals surface area (Å²) in [4.78, 5) is 14.8. The zero-order chi connectivity index (χ0) is 42.1. The summed E-state index contributed by atoms with van der Waals surface area (Å²) in [5.74, 6) is 0.745. The summed E-state index contributed by atoms with van der Waals surface area (Å²) in [6.45, 7) is 4.07. The summed E-state index contributed by atoms with van der Waals surface area (Å²) < 4.78 is 0. The number of aromatic nitrogens is 3. The van der Waals surface area contributed by atoms with E-state index in [0.29, 0.717) is 0 Å². The molecule has 0 saturated carbocycles. The predicted molar refractivity (Wildman–Crippen MR) is 258 cm³/mol. The lowest BCUT2D eigenvalue weighted by molar-refractivity contribution is 0.794. The van der Waals surface area contributed by atoms with Gasteiger partial charge in [0.1, 0.15) is 5.82 Å². The fourth-order valence-corrected chi connectivity index (χ4v) is 10.3. The van der Waals surface area contributed by atoms with Crippen molar-refractivity contribution in [3.05, 3.63) is 246 Å². The molecule has 10 aromatic rings. The molecule has 2 aliphatic carbocycles. The van der Waals surface area contributed by atoms with E-state index in [1.54, 1.807) is 0 Å². The SMILES string of the molecule is Cc1ccc(-c2ccccc2-c2cccc(-c3ccc4c(c3)C3(c5ccccc5-4)c4ccccc4-c4ccc(-c5cc(-c6ccc(-c7ccccc7)cc6)nc(C)n5)cc43)c2)nc1. The molecule has 1 unspecified atom stereocenters. The molecule has 2 aromatic heterocycles. The van der Waals surface area contributed by atoms with E-state index >= 15 is 0 Å². The molecule has 0 fully saturated rings. The van der Waals surface area contributed by atoms with E-state index in [2.05, 4.69) is 213 Å². The molecule has 63 heavy (non-hydrogen) atoms. The number of pyridine rings is 1. The molecule has 12 rings (SSSR count). The van der Waals surface area contributed by atoms with Crippen LogP contribution in [0.4, 0.5) is 0 Å². The van der Waals surface area contributed by atoms with Crippen molar-refractivity contribution >= 4 is 0 Å². The van der Waals surface area contributed by atoms with Gasteiger partial charge in [-0.25, -0.2) is 9.97 Å². The van der Waals surface area contributed by atoms with Crippen LogP contribution in [0, 0.1) is 13.8 Å². The van der Waals surface area contributed by atoms with Crippen LogP contribution in [0.2, 0.25) is 0 Å². The number of nitrogens with zero attached hydrogens (tertiary/aromatic N) is 3. The predicted octanol–water partition coefficient (Wildman–Crippen LogP) is 14.8. The zero-order valence-electron chi connectivity index (χ0n) is 35.0. The molecule has 296 valence electrons. The molecular formula is C60H41N3. The van der Waals surface area contributed by atoms with E-state index in [9.17, 15) is 0 Å². The van der Waals surface area contributed by atoms with E-state index in [1.165, 1.54) is 72.3 Å². The van der Waals surface area contributed by atoms with Gasteiger partial charge in [0, 0.05) is 22.9 Å². The molecular weight excluding hydrogens is 763 g/mol. The molecule has 3 heteroatoms. The van der Waals surface area contributed by atoms with Crippen molar-refractivity contribution in [1.82, 2.24) is 15.0 Å². The summed E-state index contributed by atoms with van der Waals surface area (Å²) in [6.07, 6.45) is 1.95. The minimum atomic E-state index is -0.524. The van der Waals surface area contributed by atoms with Gasteiger partial charge in [0.2, 0.25) is 0 Å². The highest BCUT2D eigenvalue weighted by atomic mass is 14.9. The largest absolute Gasteiger partial charge is 0.256 e. The van der Waals surface area contributed by atoms with Crippen molar-refractivity contribution in [2.24, 2.45) is 0 Å². The standard InChI is InChI=1S/C60H41N3/c1-38-23-32-57(61-37-38)52-20-7-6-17-47(52)45-16-12-15-43(33-45)44-28-30-50-48-18-8-10-21-53(48)60(55(50)34-44)54-22-11-9-19-49(54)51-31-29-46(35-56(51)60)59-36-58(62-39(2)63-59)42-26-24-41(25-27-42)40-13-4-3-5-14-40/h3-37H,1-2H3. The Bertz CT molecular complexity index is 3390. The molecule has 0 amide bonds. The average molecular weight is 804 g/mol. The highest BCUT2D eigenvalue weighted by Gasteiger charge is 2.51. The fraction of sp³-hybridized carbons (Fsp3) is 0.0500. The van der Waals surface area contributed by atoms with Crippen molar-refractivity contribution in [1.29, 1.82) is 0 Å². The van der Waals surface area contributed by atoms with Gasteiger partial charge in [-0.1, -0.05) is 176 Å². The van der Waals surface area contributed by atoms with Crippen LogP contribution in [0.5, 0.6) is 0 Å². The minimum absolute atomic E-state index is 0.524. The van der Waals surface area contributed by atoms with Crippen molar-refractivity contribution < 1.29 is 0 Å². The monoisotopic (exact) mass is 803 g/mol. The Morgan fingerprint density at radius 2 is 0.794 bits per heavy atom. The quantitative estimate of drug-likeness (QED) is 0.168. The van der Waals surface area contributed by atoms with Crippen LogP contribution in [0.15, 0.2) is 212 Å². The molecule has 1 atom stereocenters. The maximum absolute atomic E-state index is 5.07. The first-order valence-corrected chi connectivity index (χ1v) is 21.7.